The second-order valence-corrected chi connectivity index (χ2v) is 10.4. The Kier molecular flexibility index (Phi) is 5.43. The summed E-state index contributed by atoms with van der Waals surface area (Å²) in [5.74, 6) is 0.304. The number of anilines is 1. The molecule has 35 heavy (non-hydrogen) atoms. The normalized spacial score (nSPS) is 21.2. The summed E-state index contributed by atoms with van der Waals surface area (Å²) in [6.45, 7) is 7.81. The number of phenols is 1. The molecular formula is C25H29FN8O. The first-order valence-corrected chi connectivity index (χ1v) is 11.5. The van der Waals surface area contributed by atoms with Gasteiger partial charge >= 0.3 is 0 Å². The highest BCUT2D eigenvalue weighted by atomic mass is 19.1. The second-order valence-electron chi connectivity index (χ2n) is 10.4. The quantitative estimate of drug-likeness (QED) is 0.407. The van der Waals surface area contributed by atoms with Gasteiger partial charge in [0, 0.05) is 40.8 Å². The van der Waals surface area contributed by atoms with E-state index < -0.39 is 17.8 Å². The number of halogens is 1. The number of aromatic hydroxyl groups is 1. The Bertz CT molecular complexity index is 1380. The molecule has 3 N–H and O–H groups in total. The highest BCUT2D eigenvalue weighted by molar-refractivity contribution is 5.82. The highest BCUT2D eigenvalue weighted by Crippen LogP contribution is 2.34. The van der Waals surface area contributed by atoms with Gasteiger partial charge in [-0.1, -0.05) is 6.07 Å². The smallest absolute Gasteiger partial charge is 0.243 e. The topological polar surface area (TPSA) is 114 Å². The lowest BCUT2D eigenvalue weighted by molar-refractivity contribution is 0.0654. The maximum Gasteiger partial charge on any atom is 0.243 e. The van der Waals surface area contributed by atoms with E-state index in [0.717, 1.165) is 22.2 Å². The highest BCUT2D eigenvalue weighted by Gasteiger charge is 2.46. The first-order valence-electron chi connectivity index (χ1n) is 11.5. The average Bonchev–Trinajstić information content (AvgIpc) is 3.17. The molecule has 10 heteroatoms. The first-order chi connectivity index (χ1) is 16.5. The zero-order chi connectivity index (χ0) is 25.0. The molecule has 1 aromatic carbocycles. The van der Waals surface area contributed by atoms with Crippen molar-refractivity contribution in [2.45, 2.75) is 57.4 Å². The maximum atomic E-state index is 15.1. The van der Waals surface area contributed by atoms with Crippen molar-refractivity contribution in [2.75, 3.05) is 5.32 Å². The third kappa shape index (κ3) is 4.41. The van der Waals surface area contributed by atoms with Crippen LogP contribution in [0.4, 0.5) is 10.3 Å². The molecule has 1 saturated heterocycles. The molecule has 3 aromatic heterocycles. The number of phenolic OH excluding ortho intramolecular Hbond substituents is 1. The largest absolute Gasteiger partial charge is 0.507 e. The summed E-state index contributed by atoms with van der Waals surface area (Å²) in [5, 5.41) is 30.7. The van der Waals surface area contributed by atoms with E-state index >= 15 is 4.39 Å². The molecule has 0 aliphatic carbocycles. The number of pyridine rings is 1. The third-order valence-corrected chi connectivity index (χ3v) is 6.49. The molecule has 4 aromatic rings. The van der Waals surface area contributed by atoms with E-state index in [1.165, 1.54) is 6.20 Å². The van der Waals surface area contributed by atoms with Crippen LogP contribution >= 0.6 is 0 Å². The minimum atomic E-state index is -1.13. The Labute approximate surface area is 202 Å². The fourth-order valence-corrected chi connectivity index (χ4v) is 5.03. The molecule has 9 nitrogen and oxygen atoms in total. The molecule has 182 valence electrons. The number of piperidine rings is 1. The first kappa shape index (κ1) is 23.1. The van der Waals surface area contributed by atoms with Crippen LogP contribution in [0.1, 0.15) is 34.1 Å². The fourth-order valence-electron chi connectivity index (χ4n) is 5.03. The number of fused-ring (bicyclic) bond motifs is 1. The van der Waals surface area contributed by atoms with Crippen molar-refractivity contribution < 1.29 is 9.50 Å². The molecule has 0 saturated carbocycles. The number of rotatable bonds is 4. The third-order valence-electron chi connectivity index (χ3n) is 6.49. The van der Waals surface area contributed by atoms with E-state index in [0.29, 0.717) is 17.7 Å². The number of aromatic nitrogens is 6. The van der Waals surface area contributed by atoms with Crippen molar-refractivity contribution in [1.82, 2.24) is 35.3 Å². The number of aryl methyl sites for hydroxylation is 1. The summed E-state index contributed by atoms with van der Waals surface area (Å²) in [4.78, 5) is 8.79. The lowest BCUT2D eigenvalue weighted by Gasteiger charge is -2.48. The number of benzene rings is 1. The molecule has 2 atom stereocenters. The van der Waals surface area contributed by atoms with Crippen molar-refractivity contribution >= 4 is 17.0 Å². The van der Waals surface area contributed by atoms with Crippen LogP contribution in [-0.2, 0) is 7.05 Å². The van der Waals surface area contributed by atoms with Gasteiger partial charge in [0.05, 0.1) is 18.4 Å². The van der Waals surface area contributed by atoms with Crippen LogP contribution in [0.3, 0.4) is 0 Å². The van der Waals surface area contributed by atoms with Crippen LogP contribution in [0, 0.1) is 0 Å². The molecule has 1 fully saturated rings. The van der Waals surface area contributed by atoms with Gasteiger partial charge in [0.25, 0.3) is 0 Å². The molecule has 1 aliphatic heterocycles. The van der Waals surface area contributed by atoms with Crippen molar-refractivity contribution in [3.8, 4) is 28.1 Å². The molecule has 0 radical (unpaired) electrons. The van der Waals surface area contributed by atoms with Gasteiger partial charge in [-0.2, -0.15) is 5.10 Å². The van der Waals surface area contributed by atoms with Crippen LogP contribution in [0.2, 0.25) is 0 Å². The standard InChI is InChI=1S/C25H29FN8O/c1-24(2)10-18(21(26)25(3,4)33-24)30-23-28-13-19(31-32-23)17-7-6-14(9-20(17)35)15-8-16-12-29-34(5)22(16)27-11-15/h6-9,11-13,18,21,33,35H,10H2,1-5H3,(H,28,30,32)/t18?,21-/m0/s1. The van der Waals surface area contributed by atoms with Crippen molar-refractivity contribution in [3.63, 3.8) is 0 Å². The Balaban J connectivity index is 1.35. The minimum Gasteiger partial charge on any atom is -0.507 e. The Morgan fingerprint density at radius 2 is 1.86 bits per heavy atom. The molecule has 0 spiro atoms. The number of nitrogens with zero attached hydrogens (tertiary/aromatic N) is 6. The van der Waals surface area contributed by atoms with Gasteiger partial charge in [0.15, 0.2) is 5.65 Å². The molecule has 0 amide bonds. The average molecular weight is 477 g/mol. The number of nitrogens with one attached hydrogen (secondary N) is 2. The zero-order valence-corrected chi connectivity index (χ0v) is 20.4. The van der Waals surface area contributed by atoms with Crippen molar-refractivity contribution in [3.05, 3.63) is 42.9 Å². The summed E-state index contributed by atoms with van der Waals surface area (Å²) < 4.78 is 16.8. The van der Waals surface area contributed by atoms with Crippen molar-refractivity contribution in [1.29, 1.82) is 0 Å². The second kappa shape index (κ2) is 8.23. The summed E-state index contributed by atoms with van der Waals surface area (Å²) in [6.07, 6.45) is 4.48. The Morgan fingerprint density at radius 3 is 2.57 bits per heavy atom. The number of alkyl halides is 1. The van der Waals surface area contributed by atoms with Crippen LogP contribution in [-0.4, -0.2) is 58.3 Å². The summed E-state index contributed by atoms with van der Waals surface area (Å²) >= 11 is 0. The lowest BCUT2D eigenvalue weighted by atomic mass is 9.78. The lowest BCUT2D eigenvalue weighted by Crippen LogP contribution is -2.67. The minimum absolute atomic E-state index is 0.0521. The molecule has 4 heterocycles. The molecule has 1 unspecified atom stereocenters. The van der Waals surface area contributed by atoms with Gasteiger partial charge in [-0.15, -0.1) is 10.2 Å². The van der Waals surface area contributed by atoms with E-state index in [9.17, 15) is 5.11 Å². The molecular weight excluding hydrogens is 447 g/mol. The van der Waals surface area contributed by atoms with Crippen molar-refractivity contribution in [2.24, 2.45) is 7.05 Å². The molecule has 1 aliphatic rings. The number of hydrogen-bond donors (Lipinski definition) is 3. The monoisotopic (exact) mass is 476 g/mol. The van der Waals surface area contributed by atoms with Gasteiger partial charge < -0.3 is 15.7 Å². The number of hydrogen-bond acceptors (Lipinski definition) is 8. The SMILES string of the molecule is Cn1ncc2cc(-c3ccc(-c4cnc(NC5CC(C)(C)NC(C)(C)[C@H]5F)nn4)c(O)c3)cnc21. The van der Waals surface area contributed by atoms with Gasteiger partial charge in [-0.05, 0) is 57.9 Å². The van der Waals surface area contributed by atoms with Gasteiger partial charge in [-0.3, -0.25) is 4.68 Å². The van der Waals surface area contributed by atoms with E-state index in [4.69, 9.17) is 0 Å². The van der Waals surface area contributed by atoms with Gasteiger partial charge in [0.1, 0.15) is 17.6 Å². The zero-order valence-electron chi connectivity index (χ0n) is 20.4. The van der Waals surface area contributed by atoms with Crippen LogP contribution in [0.15, 0.2) is 42.9 Å². The van der Waals surface area contributed by atoms with Gasteiger partial charge in [0.2, 0.25) is 5.95 Å². The van der Waals surface area contributed by atoms with Crippen LogP contribution < -0.4 is 10.6 Å². The van der Waals surface area contributed by atoms with E-state index in [-0.39, 0.29) is 17.2 Å². The summed E-state index contributed by atoms with van der Waals surface area (Å²) in [5.41, 5.74) is 2.48. The Morgan fingerprint density at radius 1 is 1.06 bits per heavy atom. The fraction of sp³-hybridized carbons (Fsp3) is 0.400. The van der Waals surface area contributed by atoms with Crippen LogP contribution in [0.25, 0.3) is 33.4 Å². The van der Waals surface area contributed by atoms with Gasteiger partial charge in [-0.25, -0.2) is 14.4 Å². The van der Waals surface area contributed by atoms with E-state index in [1.54, 1.807) is 29.2 Å². The van der Waals surface area contributed by atoms with Crippen LogP contribution in [0.5, 0.6) is 5.75 Å². The predicted octanol–water partition coefficient (Wildman–Crippen LogP) is 3.86. The summed E-state index contributed by atoms with van der Waals surface area (Å²) in [6, 6.07) is 6.84. The summed E-state index contributed by atoms with van der Waals surface area (Å²) in [7, 11) is 1.84. The molecule has 5 rings (SSSR count). The maximum absolute atomic E-state index is 15.1. The predicted molar refractivity (Wildman–Crippen MR) is 133 cm³/mol. The molecule has 0 bridgehead atoms. The Hall–Kier alpha value is -3.66. The van der Waals surface area contributed by atoms with E-state index in [1.807, 2.05) is 33.0 Å². The van der Waals surface area contributed by atoms with E-state index in [2.05, 4.69) is 49.7 Å².